The van der Waals surface area contributed by atoms with E-state index in [2.05, 4.69) is 5.32 Å². The lowest BCUT2D eigenvalue weighted by atomic mass is 9.74. The summed E-state index contributed by atoms with van der Waals surface area (Å²) in [6, 6.07) is 14.2. The molecular formula is C22H15ClN2O4S. The summed E-state index contributed by atoms with van der Waals surface area (Å²) in [7, 11) is 1.67. The molecule has 1 aromatic heterocycles. The van der Waals surface area contributed by atoms with E-state index in [1.54, 1.807) is 31.3 Å². The van der Waals surface area contributed by atoms with Crippen molar-refractivity contribution in [2.75, 3.05) is 17.3 Å². The second-order valence-electron chi connectivity index (χ2n) is 7.31. The van der Waals surface area contributed by atoms with Gasteiger partial charge in [0.25, 0.3) is 0 Å². The molecule has 5 rings (SSSR count). The third-order valence-electron chi connectivity index (χ3n) is 5.72. The number of likely N-dealkylation sites (N-methyl/N-ethyl adjacent to an activating group) is 1. The number of carbonyl (C=O) groups is 3. The van der Waals surface area contributed by atoms with Gasteiger partial charge in [-0.25, -0.2) is 4.79 Å². The molecule has 2 aromatic carbocycles. The molecule has 3 heterocycles. The van der Waals surface area contributed by atoms with Crippen molar-refractivity contribution in [2.24, 2.45) is 0 Å². The zero-order chi connectivity index (χ0) is 21.2. The van der Waals surface area contributed by atoms with Crippen LogP contribution in [0, 0.1) is 0 Å². The Bertz CT molecular complexity index is 1270. The quantitative estimate of drug-likeness (QED) is 0.622. The van der Waals surface area contributed by atoms with E-state index in [1.807, 2.05) is 24.3 Å². The number of aromatic carboxylic acids is 1. The third kappa shape index (κ3) is 2.33. The predicted molar refractivity (Wildman–Crippen MR) is 116 cm³/mol. The van der Waals surface area contributed by atoms with Gasteiger partial charge in [0, 0.05) is 28.9 Å². The molecule has 150 valence electrons. The van der Waals surface area contributed by atoms with E-state index < -0.39 is 11.4 Å². The molecule has 0 aliphatic carbocycles. The summed E-state index contributed by atoms with van der Waals surface area (Å²) in [6.45, 7) is 0. The van der Waals surface area contributed by atoms with Crippen LogP contribution < -0.4 is 10.2 Å². The van der Waals surface area contributed by atoms with Gasteiger partial charge in [-0.15, -0.1) is 11.3 Å². The van der Waals surface area contributed by atoms with Crippen molar-refractivity contribution in [1.82, 2.24) is 0 Å². The monoisotopic (exact) mass is 438 g/mol. The maximum absolute atomic E-state index is 13.5. The SMILES string of the molecule is CN1C(=O)C2(CC(=O)Nc3c2sc(C(=O)O)c3-c2ccccc2Cl)c2ccccc21. The predicted octanol–water partition coefficient (Wildman–Crippen LogP) is 4.37. The summed E-state index contributed by atoms with van der Waals surface area (Å²) >= 11 is 7.40. The molecule has 2 aliphatic heterocycles. The van der Waals surface area contributed by atoms with Crippen molar-refractivity contribution in [3.63, 3.8) is 0 Å². The first-order valence-corrected chi connectivity index (χ1v) is 10.4. The minimum Gasteiger partial charge on any atom is -0.477 e. The van der Waals surface area contributed by atoms with E-state index in [0.29, 0.717) is 38.0 Å². The third-order valence-corrected chi connectivity index (χ3v) is 7.39. The van der Waals surface area contributed by atoms with Gasteiger partial charge >= 0.3 is 5.97 Å². The molecule has 8 heteroatoms. The molecule has 0 saturated heterocycles. The summed E-state index contributed by atoms with van der Waals surface area (Å²) < 4.78 is 0. The number of hydrogen-bond donors (Lipinski definition) is 2. The molecule has 0 bridgehead atoms. The fraction of sp³-hybridized carbons (Fsp3) is 0.136. The van der Waals surface area contributed by atoms with E-state index in [-0.39, 0.29) is 23.1 Å². The average Bonchev–Trinajstić information content (AvgIpc) is 3.20. The second-order valence-corrected chi connectivity index (χ2v) is 8.73. The molecule has 0 fully saturated rings. The van der Waals surface area contributed by atoms with Crippen LogP contribution in [-0.4, -0.2) is 29.9 Å². The first-order valence-electron chi connectivity index (χ1n) is 9.19. The number of nitrogens with one attached hydrogen (secondary N) is 1. The summed E-state index contributed by atoms with van der Waals surface area (Å²) in [5, 5.41) is 13.1. The number of anilines is 2. The minimum atomic E-state index is -1.25. The van der Waals surface area contributed by atoms with Crippen LogP contribution >= 0.6 is 22.9 Å². The van der Waals surface area contributed by atoms with Crippen molar-refractivity contribution in [3.8, 4) is 11.1 Å². The van der Waals surface area contributed by atoms with E-state index in [0.717, 1.165) is 11.3 Å². The molecule has 0 saturated carbocycles. The van der Waals surface area contributed by atoms with Gasteiger partial charge in [0.05, 0.1) is 17.0 Å². The summed E-state index contributed by atoms with van der Waals surface area (Å²) in [4.78, 5) is 40.6. The molecule has 6 nitrogen and oxygen atoms in total. The maximum atomic E-state index is 13.5. The van der Waals surface area contributed by atoms with Gasteiger partial charge < -0.3 is 15.3 Å². The van der Waals surface area contributed by atoms with Crippen LogP contribution in [0.3, 0.4) is 0 Å². The topological polar surface area (TPSA) is 86.7 Å². The van der Waals surface area contributed by atoms with Crippen molar-refractivity contribution in [2.45, 2.75) is 11.8 Å². The van der Waals surface area contributed by atoms with Gasteiger partial charge in [-0.05, 0) is 17.7 Å². The van der Waals surface area contributed by atoms with Gasteiger partial charge in [0.1, 0.15) is 10.3 Å². The van der Waals surface area contributed by atoms with Crippen molar-refractivity contribution < 1.29 is 19.5 Å². The lowest BCUT2D eigenvalue weighted by Gasteiger charge is -2.32. The molecule has 2 N–H and O–H groups in total. The number of para-hydroxylation sites is 1. The number of rotatable bonds is 2. The highest BCUT2D eigenvalue weighted by atomic mass is 35.5. The van der Waals surface area contributed by atoms with Gasteiger partial charge in [0.15, 0.2) is 0 Å². The van der Waals surface area contributed by atoms with E-state index in [1.165, 1.54) is 4.90 Å². The zero-order valence-electron chi connectivity index (χ0n) is 15.7. The molecule has 1 atom stereocenters. The molecule has 0 radical (unpaired) electrons. The number of nitrogens with zero attached hydrogens (tertiary/aromatic N) is 1. The number of carboxylic acids is 1. The maximum Gasteiger partial charge on any atom is 0.346 e. The Morgan fingerprint density at radius 3 is 2.60 bits per heavy atom. The Morgan fingerprint density at radius 1 is 1.17 bits per heavy atom. The van der Waals surface area contributed by atoms with Gasteiger partial charge in [-0.2, -0.15) is 0 Å². The number of benzene rings is 2. The van der Waals surface area contributed by atoms with Crippen LogP contribution in [0.4, 0.5) is 11.4 Å². The fourth-order valence-corrected chi connectivity index (χ4v) is 5.99. The number of hydrogen-bond acceptors (Lipinski definition) is 4. The summed E-state index contributed by atoms with van der Waals surface area (Å²) in [5.74, 6) is -1.73. The van der Waals surface area contributed by atoms with Crippen LogP contribution in [0.2, 0.25) is 5.02 Å². The molecule has 30 heavy (non-hydrogen) atoms. The van der Waals surface area contributed by atoms with E-state index in [9.17, 15) is 19.5 Å². The lowest BCUT2D eigenvalue weighted by molar-refractivity contribution is -0.126. The Kier molecular flexibility index (Phi) is 4.03. The smallest absolute Gasteiger partial charge is 0.346 e. The number of carbonyl (C=O) groups excluding carboxylic acids is 2. The van der Waals surface area contributed by atoms with E-state index >= 15 is 0 Å². The van der Waals surface area contributed by atoms with Crippen molar-refractivity contribution in [3.05, 3.63) is 68.9 Å². The van der Waals surface area contributed by atoms with Crippen LogP contribution in [0.25, 0.3) is 11.1 Å². The standard InChI is InChI=1S/C22H15ClN2O4S/c1-25-14-9-5-3-7-12(14)22(21(25)29)10-15(26)24-17-16(11-6-2-4-8-13(11)23)18(20(27)28)30-19(17)22/h2-9H,10H2,1H3,(H,24,26)(H,27,28). The lowest BCUT2D eigenvalue weighted by Crippen LogP contribution is -2.45. The van der Waals surface area contributed by atoms with Gasteiger partial charge in [0.2, 0.25) is 11.8 Å². The number of halogens is 1. The minimum absolute atomic E-state index is 0.0366. The van der Waals surface area contributed by atoms with E-state index in [4.69, 9.17) is 11.6 Å². The van der Waals surface area contributed by atoms with Gasteiger partial charge in [-0.3, -0.25) is 9.59 Å². The fourth-order valence-electron chi connectivity index (χ4n) is 4.46. The van der Waals surface area contributed by atoms with Crippen molar-refractivity contribution >= 4 is 52.1 Å². The Morgan fingerprint density at radius 2 is 1.87 bits per heavy atom. The molecule has 2 amide bonds. The molecular weight excluding hydrogens is 424 g/mol. The highest BCUT2D eigenvalue weighted by molar-refractivity contribution is 7.15. The largest absolute Gasteiger partial charge is 0.477 e. The zero-order valence-corrected chi connectivity index (χ0v) is 17.3. The number of amides is 2. The Balaban J connectivity index is 1.89. The first kappa shape index (κ1) is 18.8. The average molecular weight is 439 g/mol. The Labute approximate surface area is 180 Å². The first-order chi connectivity index (χ1) is 14.4. The summed E-state index contributed by atoms with van der Waals surface area (Å²) in [6.07, 6.45) is -0.0816. The second kappa shape index (κ2) is 6.42. The Hall–Kier alpha value is -3.16. The molecule has 3 aromatic rings. The van der Waals surface area contributed by atoms with Crippen LogP contribution in [-0.2, 0) is 15.0 Å². The molecule has 1 unspecified atom stereocenters. The highest BCUT2D eigenvalue weighted by Gasteiger charge is 2.57. The number of thiophene rings is 1. The molecule has 2 aliphatic rings. The normalized spacial score (nSPS) is 19.6. The molecule has 1 spiro atoms. The van der Waals surface area contributed by atoms with Crippen LogP contribution in [0.5, 0.6) is 0 Å². The number of carboxylic acid groups (broad SMARTS) is 1. The van der Waals surface area contributed by atoms with Gasteiger partial charge in [-0.1, -0.05) is 48.0 Å². The van der Waals surface area contributed by atoms with Crippen LogP contribution in [0.1, 0.15) is 26.5 Å². The highest BCUT2D eigenvalue weighted by Crippen LogP contribution is 2.57. The van der Waals surface area contributed by atoms with Crippen molar-refractivity contribution in [1.29, 1.82) is 0 Å². The summed E-state index contributed by atoms with van der Waals surface area (Å²) in [5.41, 5.74) is 1.35. The van der Waals surface area contributed by atoms with Crippen LogP contribution in [0.15, 0.2) is 48.5 Å². The number of fused-ring (bicyclic) bond motifs is 4.